The van der Waals surface area contributed by atoms with Gasteiger partial charge in [0.25, 0.3) is 0 Å². The van der Waals surface area contributed by atoms with Crippen molar-refractivity contribution >= 4 is 5.82 Å². The molecule has 1 aromatic rings. The lowest BCUT2D eigenvalue weighted by Crippen LogP contribution is -2.43. The number of morpholine rings is 1. The van der Waals surface area contributed by atoms with Crippen LogP contribution in [0.15, 0.2) is 18.3 Å². The minimum atomic E-state index is 0.379. The van der Waals surface area contributed by atoms with E-state index in [4.69, 9.17) is 4.74 Å². The average Bonchev–Trinajstić information content (AvgIpc) is 2.78. The Morgan fingerprint density at radius 3 is 2.84 bits per heavy atom. The molecule has 2 fully saturated rings. The third-order valence-corrected chi connectivity index (χ3v) is 4.15. The van der Waals surface area contributed by atoms with Gasteiger partial charge in [0.2, 0.25) is 0 Å². The number of rotatable bonds is 4. The molecule has 2 aliphatic rings. The zero-order valence-corrected chi connectivity index (χ0v) is 11.8. The van der Waals surface area contributed by atoms with Crippen LogP contribution in [0.1, 0.15) is 38.3 Å². The number of aromatic nitrogens is 1. The lowest BCUT2D eigenvalue weighted by atomic mass is 10.1. The highest BCUT2D eigenvalue weighted by atomic mass is 16.5. The highest BCUT2D eigenvalue weighted by Crippen LogP contribution is 2.29. The predicted molar refractivity (Wildman–Crippen MR) is 76.4 cm³/mol. The lowest BCUT2D eigenvalue weighted by Gasteiger charge is -2.33. The van der Waals surface area contributed by atoms with Crippen molar-refractivity contribution in [2.75, 3.05) is 24.5 Å². The maximum atomic E-state index is 5.88. The largest absolute Gasteiger partial charge is 0.371 e. The van der Waals surface area contributed by atoms with Crippen LogP contribution in [0.2, 0.25) is 0 Å². The highest BCUT2D eigenvalue weighted by Gasteiger charge is 2.34. The normalized spacial score (nSPS) is 27.6. The number of hydrogen-bond donors (Lipinski definition) is 1. The van der Waals surface area contributed by atoms with Crippen molar-refractivity contribution in [3.8, 4) is 0 Å². The molecule has 2 bridgehead atoms. The Morgan fingerprint density at radius 1 is 1.42 bits per heavy atom. The van der Waals surface area contributed by atoms with E-state index in [-0.39, 0.29) is 0 Å². The Morgan fingerprint density at radius 2 is 2.16 bits per heavy atom. The molecule has 104 valence electrons. The highest BCUT2D eigenvalue weighted by molar-refractivity contribution is 5.43. The van der Waals surface area contributed by atoms with E-state index in [1.54, 1.807) is 0 Å². The standard InChI is InChI=1S/C15H23N3O/c1-3-16-11(2)12-6-7-17-15(8-12)18-9-13-4-5-14(10-18)19-13/h6-8,11,13-14,16H,3-5,9-10H2,1-2H3. The van der Waals surface area contributed by atoms with Gasteiger partial charge in [-0.15, -0.1) is 0 Å². The van der Waals surface area contributed by atoms with Gasteiger partial charge < -0.3 is 15.0 Å². The van der Waals surface area contributed by atoms with Crippen LogP contribution in [-0.2, 0) is 4.74 Å². The van der Waals surface area contributed by atoms with Crippen molar-refractivity contribution in [1.29, 1.82) is 0 Å². The number of pyridine rings is 1. The average molecular weight is 261 g/mol. The van der Waals surface area contributed by atoms with Crippen LogP contribution < -0.4 is 10.2 Å². The number of ether oxygens (including phenoxy) is 1. The molecule has 19 heavy (non-hydrogen) atoms. The van der Waals surface area contributed by atoms with Crippen LogP contribution in [0.4, 0.5) is 5.82 Å². The summed E-state index contributed by atoms with van der Waals surface area (Å²) in [4.78, 5) is 6.93. The molecule has 0 radical (unpaired) electrons. The number of nitrogens with zero attached hydrogens (tertiary/aromatic N) is 2. The van der Waals surface area contributed by atoms with E-state index in [1.807, 2.05) is 6.20 Å². The Labute approximate surface area is 115 Å². The monoisotopic (exact) mass is 261 g/mol. The van der Waals surface area contributed by atoms with E-state index in [2.05, 4.69) is 41.2 Å². The van der Waals surface area contributed by atoms with Crippen molar-refractivity contribution < 1.29 is 4.74 Å². The van der Waals surface area contributed by atoms with Gasteiger partial charge in [-0.1, -0.05) is 6.92 Å². The fourth-order valence-electron chi connectivity index (χ4n) is 3.10. The van der Waals surface area contributed by atoms with E-state index in [9.17, 15) is 0 Å². The summed E-state index contributed by atoms with van der Waals surface area (Å²) in [6, 6.07) is 4.70. The van der Waals surface area contributed by atoms with E-state index in [0.717, 1.165) is 25.5 Å². The first-order valence-corrected chi connectivity index (χ1v) is 7.36. The van der Waals surface area contributed by atoms with Gasteiger partial charge >= 0.3 is 0 Å². The van der Waals surface area contributed by atoms with E-state index >= 15 is 0 Å². The van der Waals surface area contributed by atoms with Gasteiger partial charge in [-0.25, -0.2) is 4.98 Å². The van der Waals surface area contributed by atoms with Gasteiger partial charge in [-0.3, -0.25) is 0 Å². The van der Waals surface area contributed by atoms with Crippen LogP contribution in [0.25, 0.3) is 0 Å². The predicted octanol–water partition coefficient (Wildman–Crippen LogP) is 2.12. The second-order valence-electron chi connectivity index (χ2n) is 5.59. The van der Waals surface area contributed by atoms with Gasteiger partial charge in [-0.05, 0) is 44.0 Å². The smallest absolute Gasteiger partial charge is 0.128 e. The summed E-state index contributed by atoms with van der Waals surface area (Å²) in [5, 5.41) is 3.45. The molecule has 1 aromatic heterocycles. The summed E-state index contributed by atoms with van der Waals surface area (Å²) in [5.41, 5.74) is 1.31. The molecule has 0 aromatic carbocycles. The van der Waals surface area contributed by atoms with Crippen LogP contribution in [0.3, 0.4) is 0 Å². The van der Waals surface area contributed by atoms with Gasteiger partial charge in [0, 0.05) is 25.3 Å². The molecule has 4 heteroatoms. The first kappa shape index (κ1) is 12.9. The minimum Gasteiger partial charge on any atom is -0.371 e. The van der Waals surface area contributed by atoms with Gasteiger partial charge in [0.05, 0.1) is 12.2 Å². The molecule has 0 amide bonds. The first-order valence-electron chi connectivity index (χ1n) is 7.36. The Balaban J connectivity index is 1.75. The second-order valence-corrected chi connectivity index (χ2v) is 5.59. The zero-order valence-electron chi connectivity index (χ0n) is 11.8. The molecule has 3 heterocycles. The van der Waals surface area contributed by atoms with Crippen molar-refractivity contribution in [3.05, 3.63) is 23.9 Å². The number of hydrogen-bond acceptors (Lipinski definition) is 4. The maximum absolute atomic E-state index is 5.88. The van der Waals surface area contributed by atoms with Crippen LogP contribution in [0, 0.1) is 0 Å². The molecule has 1 N–H and O–H groups in total. The van der Waals surface area contributed by atoms with Crippen molar-refractivity contribution in [2.24, 2.45) is 0 Å². The second kappa shape index (κ2) is 5.47. The Hall–Kier alpha value is -1.13. The quantitative estimate of drug-likeness (QED) is 0.901. The van der Waals surface area contributed by atoms with Crippen LogP contribution in [-0.4, -0.2) is 36.8 Å². The Kier molecular flexibility index (Phi) is 3.71. The van der Waals surface area contributed by atoms with Crippen LogP contribution in [0.5, 0.6) is 0 Å². The summed E-state index contributed by atoms with van der Waals surface area (Å²) < 4.78 is 5.88. The molecule has 4 nitrogen and oxygen atoms in total. The number of nitrogens with one attached hydrogen (secondary N) is 1. The summed E-state index contributed by atoms with van der Waals surface area (Å²) in [6.07, 6.45) is 5.16. The third kappa shape index (κ3) is 2.74. The van der Waals surface area contributed by atoms with E-state index < -0.39 is 0 Å². The molecule has 3 rings (SSSR count). The fraction of sp³-hybridized carbons (Fsp3) is 0.667. The third-order valence-electron chi connectivity index (χ3n) is 4.15. The summed E-state index contributed by atoms with van der Waals surface area (Å²) >= 11 is 0. The van der Waals surface area contributed by atoms with Gasteiger partial charge in [-0.2, -0.15) is 0 Å². The molecule has 0 saturated carbocycles. The molecule has 0 aliphatic carbocycles. The topological polar surface area (TPSA) is 37.4 Å². The van der Waals surface area contributed by atoms with Crippen molar-refractivity contribution in [2.45, 2.75) is 44.9 Å². The SMILES string of the molecule is CCNC(C)c1ccnc(N2CC3CCC(C2)O3)c1. The summed E-state index contributed by atoms with van der Waals surface area (Å²) in [5.74, 6) is 1.10. The number of anilines is 1. The number of fused-ring (bicyclic) bond motifs is 2. The molecular weight excluding hydrogens is 238 g/mol. The lowest BCUT2D eigenvalue weighted by molar-refractivity contribution is 0.0302. The molecule has 2 aliphatic heterocycles. The zero-order chi connectivity index (χ0) is 13.2. The van der Waals surface area contributed by atoms with Gasteiger partial charge in [0.15, 0.2) is 0 Å². The molecule has 3 atom stereocenters. The van der Waals surface area contributed by atoms with Gasteiger partial charge in [0.1, 0.15) is 5.82 Å². The first-order chi connectivity index (χ1) is 9.26. The minimum absolute atomic E-state index is 0.379. The van der Waals surface area contributed by atoms with Crippen LogP contribution >= 0.6 is 0 Å². The molecule has 2 saturated heterocycles. The van der Waals surface area contributed by atoms with Crippen molar-refractivity contribution in [1.82, 2.24) is 10.3 Å². The maximum Gasteiger partial charge on any atom is 0.128 e. The van der Waals surface area contributed by atoms with E-state index in [1.165, 1.54) is 18.4 Å². The fourth-order valence-corrected chi connectivity index (χ4v) is 3.10. The summed E-state index contributed by atoms with van der Waals surface area (Å²) in [6.45, 7) is 7.30. The molecular formula is C15H23N3O. The molecule has 3 unspecified atom stereocenters. The van der Waals surface area contributed by atoms with Crippen molar-refractivity contribution in [3.63, 3.8) is 0 Å². The Bertz CT molecular complexity index is 425. The summed E-state index contributed by atoms with van der Waals surface area (Å²) in [7, 11) is 0. The molecule has 0 spiro atoms. The van der Waals surface area contributed by atoms with E-state index in [0.29, 0.717) is 18.2 Å².